The lowest BCUT2D eigenvalue weighted by Gasteiger charge is -2.37. The smallest absolute Gasteiger partial charge is 0.306 e. The fourth-order valence-electron chi connectivity index (χ4n) is 4.37. The summed E-state index contributed by atoms with van der Waals surface area (Å²) >= 11 is 6.14. The molecule has 1 fully saturated rings. The van der Waals surface area contributed by atoms with Crippen LogP contribution in [0, 0.1) is 5.92 Å². The third-order valence-corrected chi connectivity index (χ3v) is 6.42. The van der Waals surface area contributed by atoms with Gasteiger partial charge in [-0.3, -0.25) is 9.69 Å². The third-order valence-electron chi connectivity index (χ3n) is 6.17. The maximum Gasteiger partial charge on any atom is 0.306 e. The molecule has 1 unspecified atom stereocenters. The van der Waals surface area contributed by atoms with Crippen LogP contribution in [-0.2, 0) is 11.4 Å². The lowest BCUT2D eigenvalue weighted by Crippen LogP contribution is -2.39. The summed E-state index contributed by atoms with van der Waals surface area (Å²) in [6.45, 7) is 1.87. The molecular weight excluding hydrogens is 438 g/mol. The Bertz CT molecular complexity index is 1060. The van der Waals surface area contributed by atoms with E-state index in [1.165, 1.54) is 0 Å². The van der Waals surface area contributed by atoms with Gasteiger partial charge in [0.1, 0.15) is 6.61 Å². The van der Waals surface area contributed by atoms with E-state index in [1.54, 1.807) is 7.11 Å². The van der Waals surface area contributed by atoms with E-state index >= 15 is 0 Å². The number of halogens is 1. The van der Waals surface area contributed by atoms with E-state index < -0.39 is 5.97 Å². The molecule has 1 aliphatic heterocycles. The van der Waals surface area contributed by atoms with Crippen molar-refractivity contribution in [3.63, 3.8) is 0 Å². The first kappa shape index (κ1) is 23.1. The minimum atomic E-state index is -0.709. The third kappa shape index (κ3) is 5.67. The van der Waals surface area contributed by atoms with Gasteiger partial charge in [0.2, 0.25) is 0 Å². The Balaban J connectivity index is 1.60. The van der Waals surface area contributed by atoms with Crippen molar-refractivity contribution in [3.8, 4) is 11.5 Å². The van der Waals surface area contributed by atoms with Gasteiger partial charge in [-0.25, -0.2) is 0 Å². The molecule has 0 bridgehead atoms. The van der Waals surface area contributed by atoms with Crippen molar-refractivity contribution in [3.05, 3.63) is 94.5 Å². The van der Waals surface area contributed by atoms with Gasteiger partial charge in [-0.15, -0.1) is 0 Å². The van der Waals surface area contributed by atoms with Gasteiger partial charge in [0.25, 0.3) is 0 Å². The maximum atomic E-state index is 11.4. The largest absolute Gasteiger partial charge is 0.493 e. The second-order valence-electron chi connectivity index (χ2n) is 8.29. The fraction of sp³-hybridized carbons (Fsp3) is 0.296. The Morgan fingerprint density at radius 1 is 1.00 bits per heavy atom. The summed E-state index contributed by atoms with van der Waals surface area (Å²) in [5.41, 5.74) is 3.26. The molecule has 0 saturated carbocycles. The number of rotatable bonds is 8. The highest BCUT2D eigenvalue weighted by Crippen LogP contribution is 2.37. The van der Waals surface area contributed by atoms with Crippen LogP contribution < -0.4 is 9.47 Å². The number of carboxylic acids is 1. The van der Waals surface area contributed by atoms with Crippen LogP contribution in [0.15, 0.2) is 72.8 Å². The molecule has 0 aliphatic carbocycles. The molecule has 33 heavy (non-hydrogen) atoms. The van der Waals surface area contributed by atoms with Crippen molar-refractivity contribution >= 4 is 17.6 Å². The maximum absolute atomic E-state index is 11.4. The quantitative estimate of drug-likeness (QED) is 0.454. The minimum absolute atomic E-state index is 0.0333. The second kappa shape index (κ2) is 10.7. The van der Waals surface area contributed by atoms with Crippen LogP contribution in [0.3, 0.4) is 0 Å². The first-order valence-corrected chi connectivity index (χ1v) is 11.5. The number of carbonyl (C=O) groups is 1. The van der Waals surface area contributed by atoms with Crippen LogP contribution in [0.25, 0.3) is 0 Å². The average Bonchev–Trinajstić information content (AvgIpc) is 2.85. The summed E-state index contributed by atoms with van der Waals surface area (Å²) in [6, 6.07) is 23.8. The van der Waals surface area contributed by atoms with Crippen molar-refractivity contribution in [1.82, 2.24) is 4.90 Å². The Labute approximate surface area is 199 Å². The summed E-state index contributed by atoms with van der Waals surface area (Å²) < 4.78 is 11.7. The minimum Gasteiger partial charge on any atom is -0.493 e. The van der Waals surface area contributed by atoms with E-state index in [1.807, 2.05) is 66.7 Å². The molecule has 1 saturated heterocycles. The summed E-state index contributed by atoms with van der Waals surface area (Å²) in [4.78, 5) is 13.8. The molecule has 3 aromatic rings. The zero-order valence-electron chi connectivity index (χ0n) is 18.6. The molecule has 0 spiro atoms. The number of methoxy groups -OCH3 is 1. The van der Waals surface area contributed by atoms with Crippen LogP contribution in [0.4, 0.5) is 0 Å². The van der Waals surface area contributed by atoms with Gasteiger partial charge in [-0.05, 0) is 66.9 Å². The van der Waals surface area contributed by atoms with E-state index in [4.69, 9.17) is 21.1 Å². The van der Waals surface area contributed by atoms with Crippen LogP contribution in [0.5, 0.6) is 11.5 Å². The average molecular weight is 466 g/mol. The van der Waals surface area contributed by atoms with Crippen LogP contribution in [-0.4, -0.2) is 36.2 Å². The predicted molar refractivity (Wildman–Crippen MR) is 129 cm³/mol. The summed E-state index contributed by atoms with van der Waals surface area (Å²) in [6.07, 6.45) is 1.27. The van der Waals surface area contributed by atoms with Crippen LogP contribution in [0.1, 0.15) is 35.6 Å². The Hall–Kier alpha value is -3.02. The topological polar surface area (TPSA) is 59.0 Å². The first-order chi connectivity index (χ1) is 16.0. The lowest BCUT2D eigenvalue weighted by molar-refractivity contribution is -0.143. The molecule has 172 valence electrons. The molecule has 1 aliphatic rings. The van der Waals surface area contributed by atoms with Crippen molar-refractivity contribution in [1.29, 1.82) is 0 Å². The molecule has 0 radical (unpaired) electrons. The van der Waals surface area contributed by atoms with E-state index in [-0.39, 0.29) is 12.0 Å². The SMILES string of the molecule is COc1cc(C(c2ccc(Cl)cc2)N2CCC(C(=O)O)CC2)ccc1OCc1ccccc1. The molecule has 1 heterocycles. The first-order valence-electron chi connectivity index (χ1n) is 11.1. The van der Waals surface area contributed by atoms with Crippen molar-refractivity contribution in [2.24, 2.45) is 5.92 Å². The Morgan fingerprint density at radius 2 is 1.67 bits per heavy atom. The number of hydrogen-bond acceptors (Lipinski definition) is 4. The summed E-state index contributed by atoms with van der Waals surface area (Å²) in [5, 5.41) is 10.1. The standard InChI is InChI=1S/C27H28ClNO4/c1-32-25-17-22(9-12-24(25)33-18-19-5-3-2-4-6-19)26(20-7-10-23(28)11-8-20)29-15-13-21(14-16-29)27(30)31/h2-12,17,21,26H,13-16,18H2,1H3,(H,30,31). The van der Waals surface area contributed by atoms with Crippen LogP contribution >= 0.6 is 11.6 Å². The lowest BCUT2D eigenvalue weighted by atomic mass is 9.91. The monoisotopic (exact) mass is 465 g/mol. The molecule has 5 nitrogen and oxygen atoms in total. The number of piperidine rings is 1. The zero-order chi connectivity index (χ0) is 23.2. The highest BCUT2D eigenvalue weighted by atomic mass is 35.5. The van der Waals surface area contributed by atoms with Crippen molar-refractivity contribution in [2.75, 3.05) is 20.2 Å². The van der Waals surface area contributed by atoms with Gasteiger partial charge in [0.05, 0.1) is 19.1 Å². The highest BCUT2D eigenvalue weighted by molar-refractivity contribution is 6.30. The number of aliphatic carboxylic acids is 1. The van der Waals surface area contributed by atoms with Crippen molar-refractivity contribution in [2.45, 2.75) is 25.5 Å². The van der Waals surface area contributed by atoms with E-state index in [0.29, 0.717) is 49.1 Å². The number of hydrogen-bond donors (Lipinski definition) is 1. The molecular formula is C27H28ClNO4. The summed E-state index contributed by atoms with van der Waals surface area (Å²) in [5.74, 6) is 0.363. The number of nitrogens with zero attached hydrogens (tertiary/aromatic N) is 1. The molecule has 0 aromatic heterocycles. The zero-order valence-corrected chi connectivity index (χ0v) is 19.4. The van der Waals surface area contributed by atoms with E-state index in [2.05, 4.69) is 11.0 Å². The number of likely N-dealkylation sites (tertiary alicyclic amines) is 1. The molecule has 3 aromatic carbocycles. The summed E-state index contributed by atoms with van der Waals surface area (Å²) in [7, 11) is 1.64. The van der Waals surface area contributed by atoms with Crippen molar-refractivity contribution < 1.29 is 19.4 Å². The second-order valence-corrected chi connectivity index (χ2v) is 8.72. The normalized spacial score (nSPS) is 15.7. The van der Waals surface area contributed by atoms with E-state index in [9.17, 15) is 9.90 Å². The number of ether oxygens (including phenoxy) is 2. The molecule has 6 heteroatoms. The van der Waals surface area contributed by atoms with Gasteiger partial charge in [-0.2, -0.15) is 0 Å². The number of carboxylic acid groups (broad SMARTS) is 1. The van der Waals surface area contributed by atoms with Crippen LogP contribution in [0.2, 0.25) is 5.02 Å². The predicted octanol–water partition coefficient (Wildman–Crippen LogP) is 5.81. The highest BCUT2D eigenvalue weighted by Gasteiger charge is 2.30. The molecule has 0 amide bonds. The van der Waals surface area contributed by atoms with Gasteiger partial charge in [0, 0.05) is 5.02 Å². The van der Waals surface area contributed by atoms with Gasteiger partial charge in [-0.1, -0.05) is 60.1 Å². The molecule has 4 rings (SSSR count). The molecule has 1 N–H and O–H groups in total. The Kier molecular flexibility index (Phi) is 7.53. The fourth-order valence-corrected chi connectivity index (χ4v) is 4.50. The van der Waals surface area contributed by atoms with E-state index in [0.717, 1.165) is 16.7 Å². The number of benzene rings is 3. The van der Waals surface area contributed by atoms with Gasteiger partial charge >= 0.3 is 5.97 Å². The van der Waals surface area contributed by atoms with Gasteiger partial charge < -0.3 is 14.6 Å². The Morgan fingerprint density at radius 3 is 2.30 bits per heavy atom. The molecule has 1 atom stereocenters. The van der Waals surface area contributed by atoms with Gasteiger partial charge in [0.15, 0.2) is 11.5 Å².